The highest BCUT2D eigenvalue weighted by molar-refractivity contribution is 5.82. The molecule has 1 aliphatic heterocycles. The number of aryl methyl sites for hydroxylation is 1. The molecule has 0 N–H and O–H groups in total. The van der Waals surface area contributed by atoms with E-state index in [9.17, 15) is 4.79 Å². The molecule has 0 aliphatic carbocycles. The van der Waals surface area contributed by atoms with E-state index in [2.05, 4.69) is 16.0 Å². The Morgan fingerprint density at radius 3 is 2.64 bits per heavy atom. The Bertz CT molecular complexity index is 705. The molecule has 1 saturated heterocycles. The van der Waals surface area contributed by atoms with Gasteiger partial charge >= 0.3 is 0 Å². The van der Waals surface area contributed by atoms with Crippen molar-refractivity contribution in [1.29, 1.82) is 0 Å². The van der Waals surface area contributed by atoms with Gasteiger partial charge in [-0.1, -0.05) is 30.3 Å². The SMILES string of the molecule is CO[C@H](C(=O)N1CCCN(c2ccnc(C)c2)CC1)c1ccccc1. The van der Waals surface area contributed by atoms with E-state index in [1.165, 1.54) is 5.69 Å². The number of aromatic nitrogens is 1. The molecule has 5 heteroatoms. The van der Waals surface area contributed by atoms with E-state index in [0.29, 0.717) is 6.54 Å². The molecule has 1 aliphatic rings. The third-order valence-electron chi connectivity index (χ3n) is 4.62. The summed E-state index contributed by atoms with van der Waals surface area (Å²) in [6.07, 6.45) is 2.25. The molecule has 0 radical (unpaired) electrons. The van der Waals surface area contributed by atoms with Crippen molar-refractivity contribution >= 4 is 11.6 Å². The summed E-state index contributed by atoms with van der Waals surface area (Å²) in [6, 6.07) is 13.8. The molecule has 1 aromatic heterocycles. The highest BCUT2D eigenvalue weighted by Crippen LogP contribution is 2.22. The van der Waals surface area contributed by atoms with Crippen LogP contribution in [0.15, 0.2) is 48.7 Å². The molecule has 25 heavy (non-hydrogen) atoms. The van der Waals surface area contributed by atoms with Crippen LogP contribution in [0.1, 0.15) is 23.8 Å². The largest absolute Gasteiger partial charge is 0.370 e. The quantitative estimate of drug-likeness (QED) is 0.859. The third kappa shape index (κ3) is 4.17. The number of methoxy groups -OCH3 is 1. The Balaban J connectivity index is 1.69. The molecule has 0 unspecified atom stereocenters. The van der Waals surface area contributed by atoms with Gasteiger partial charge in [-0.25, -0.2) is 0 Å². The summed E-state index contributed by atoms with van der Waals surface area (Å²) in [5, 5.41) is 0. The lowest BCUT2D eigenvalue weighted by molar-refractivity contribution is -0.142. The summed E-state index contributed by atoms with van der Waals surface area (Å²) >= 11 is 0. The van der Waals surface area contributed by atoms with Gasteiger partial charge in [0.25, 0.3) is 5.91 Å². The van der Waals surface area contributed by atoms with Gasteiger partial charge in [-0.15, -0.1) is 0 Å². The minimum atomic E-state index is -0.532. The zero-order valence-corrected chi connectivity index (χ0v) is 14.9. The normalized spacial score (nSPS) is 16.4. The molecule has 1 aromatic carbocycles. The molecule has 1 atom stereocenters. The molecule has 1 fully saturated rings. The monoisotopic (exact) mass is 339 g/mol. The van der Waals surface area contributed by atoms with E-state index in [4.69, 9.17) is 4.74 Å². The van der Waals surface area contributed by atoms with Gasteiger partial charge in [0.1, 0.15) is 0 Å². The number of anilines is 1. The zero-order valence-electron chi connectivity index (χ0n) is 14.9. The van der Waals surface area contributed by atoms with Gasteiger partial charge in [0.15, 0.2) is 6.10 Å². The zero-order chi connectivity index (χ0) is 17.6. The van der Waals surface area contributed by atoms with Crippen molar-refractivity contribution in [3.63, 3.8) is 0 Å². The van der Waals surface area contributed by atoms with Crippen LogP contribution in [0.3, 0.4) is 0 Å². The van der Waals surface area contributed by atoms with Crippen molar-refractivity contribution in [2.45, 2.75) is 19.4 Å². The Morgan fingerprint density at radius 1 is 1.12 bits per heavy atom. The third-order valence-corrected chi connectivity index (χ3v) is 4.62. The number of carbonyl (C=O) groups excluding carboxylic acids is 1. The summed E-state index contributed by atoms with van der Waals surface area (Å²) in [5.74, 6) is 0.0430. The summed E-state index contributed by atoms with van der Waals surface area (Å²) < 4.78 is 5.51. The molecule has 2 heterocycles. The van der Waals surface area contributed by atoms with Crippen LogP contribution >= 0.6 is 0 Å². The van der Waals surface area contributed by atoms with Crippen LogP contribution in [0, 0.1) is 6.92 Å². The number of hydrogen-bond donors (Lipinski definition) is 0. The molecular formula is C20H25N3O2. The number of hydrogen-bond acceptors (Lipinski definition) is 4. The van der Waals surface area contributed by atoms with Crippen LogP contribution < -0.4 is 4.90 Å². The van der Waals surface area contributed by atoms with Crippen molar-refractivity contribution < 1.29 is 9.53 Å². The minimum Gasteiger partial charge on any atom is -0.370 e. The molecule has 0 saturated carbocycles. The average molecular weight is 339 g/mol. The average Bonchev–Trinajstić information content (AvgIpc) is 2.89. The lowest BCUT2D eigenvalue weighted by atomic mass is 10.1. The van der Waals surface area contributed by atoms with Crippen molar-refractivity contribution in [1.82, 2.24) is 9.88 Å². The van der Waals surface area contributed by atoms with Crippen LogP contribution in [-0.4, -0.2) is 49.1 Å². The second-order valence-corrected chi connectivity index (χ2v) is 6.35. The second-order valence-electron chi connectivity index (χ2n) is 6.35. The van der Waals surface area contributed by atoms with E-state index in [0.717, 1.165) is 37.3 Å². The molecule has 0 bridgehead atoms. The molecule has 2 aromatic rings. The molecule has 3 rings (SSSR count). The van der Waals surface area contributed by atoms with Crippen molar-refractivity contribution in [2.24, 2.45) is 0 Å². The molecule has 1 amide bonds. The van der Waals surface area contributed by atoms with E-state index in [1.807, 2.05) is 54.4 Å². The smallest absolute Gasteiger partial charge is 0.256 e. The van der Waals surface area contributed by atoms with E-state index >= 15 is 0 Å². The Labute approximate surface area is 149 Å². The van der Waals surface area contributed by atoms with Crippen LogP contribution in [0.25, 0.3) is 0 Å². The number of benzene rings is 1. The lowest BCUT2D eigenvalue weighted by Crippen LogP contribution is -2.38. The first-order valence-electron chi connectivity index (χ1n) is 8.73. The summed E-state index contributed by atoms with van der Waals surface area (Å²) in [7, 11) is 1.60. The van der Waals surface area contributed by atoms with E-state index in [1.54, 1.807) is 7.11 Å². The van der Waals surface area contributed by atoms with Gasteiger partial charge in [-0.3, -0.25) is 9.78 Å². The minimum absolute atomic E-state index is 0.0430. The van der Waals surface area contributed by atoms with Crippen LogP contribution in [-0.2, 0) is 9.53 Å². The maximum atomic E-state index is 13.0. The summed E-state index contributed by atoms with van der Waals surface area (Å²) in [5.41, 5.74) is 3.09. The lowest BCUT2D eigenvalue weighted by Gasteiger charge is -2.26. The Kier molecular flexibility index (Phi) is 5.66. The summed E-state index contributed by atoms with van der Waals surface area (Å²) in [6.45, 7) is 5.22. The first-order valence-corrected chi connectivity index (χ1v) is 8.73. The highest BCUT2D eigenvalue weighted by atomic mass is 16.5. The van der Waals surface area contributed by atoms with Gasteiger partial charge in [0.2, 0.25) is 0 Å². The van der Waals surface area contributed by atoms with Crippen LogP contribution in [0.4, 0.5) is 5.69 Å². The van der Waals surface area contributed by atoms with Gasteiger partial charge in [-0.05, 0) is 31.0 Å². The predicted molar refractivity (Wildman–Crippen MR) is 98.6 cm³/mol. The molecular weight excluding hydrogens is 314 g/mol. The fraction of sp³-hybridized carbons (Fsp3) is 0.400. The van der Waals surface area contributed by atoms with Gasteiger partial charge in [0.05, 0.1) is 0 Å². The van der Waals surface area contributed by atoms with Gasteiger partial charge < -0.3 is 14.5 Å². The molecule has 132 valence electrons. The molecule has 0 spiro atoms. The number of nitrogens with zero attached hydrogens (tertiary/aromatic N) is 3. The second kappa shape index (κ2) is 8.12. The predicted octanol–water partition coefficient (Wildman–Crippen LogP) is 2.82. The first-order chi connectivity index (χ1) is 12.2. The topological polar surface area (TPSA) is 45.7 Å². The number of carbonyl (C=O) groups is 1. The van der Waals surface area contributed by atoms with Crippen molar-refractivity contribution in [3.8, 4) is 0 Å². The maximum absolute atomic E-state index is 13.0. The van der Waals surface area contributed by atoms with Gasteiger partial charge in [0, 0.05) is 50.9 Å². The summed E-state index contributed by atoms with van der Waals surface area (Å²) in [4.78, 5) is 21.5. The Morgan fingerprint density at radius 2 is 1.92 bits per heavy atom. The standard InChI is InChI=1S/C20H25N3O2/c1-16-15-18(9-10-21-16)22-11-6-12-23(14-13-22)20(24)19(25-2)17-7-4-3-5-8-17/h3-5,7-10,15,19H,6,11-14H2,1-2H3/t19-/m0/s1. The van der Waals surface area contributed by atoms with Crippen LogP contribution in [0.5, 0.6) is 0 Å². The van der Waals surface area contributed by atoms with Crippen LogP contribution in [0.2, 0.25) is 0 Å². The Hall–Kier alpha value is -2.40. The van der Waals surface area contributed by atoms with E-state index in [-0.39, 0.29) is 5.91 Å². The molecule has 5 nitrogen and oxygen atoms in total. The number of pyridine rings is 1. The van der Waals surface area contributed by atoms with Crippen molar-refractivity contribution in [2.75, 3.05) is 38.2 Å². The number of rotatable bonds is 4. The fourth-order valence-electron chi connectivity index (χ4n) is 3.30. The maximum Gasteiger partial charge on any atom is 0.256 e. The number of ether oxygens (including phenoxy) is 1. The first kappa shape index (κ1) is 17.4. The number of amides is 1. The van der Waals surface area contributed by atoms with Crippen molar-refractivity contribution in [3.05, 3.63) is 59.9 Å². The van der Waals surface area contributed by atoms with Gasteiger partial charge in [-0.2, -0.15) is 0 Å². The fourth-order valence-corrected chi connectivity index (χ4v) is 3.30. The highest BCUT2D eigenvalue weighted by Gasteiger charge is 2.27. The van der Waals surface area contributed by atoms with E-state index < -0.39 is 6.10 Å².